The number of hydrogen-bond donors (Lipinski definition) is 3. The number of thiophene rings is 1. The molecule has 2 heterocycles. The fourth-order valence-electron chi connectivity index (χ4n) is 1.61. The summed E-state index contributed by atoms with van der Waals surface area (Å²) in [6.07, 6.45) is -0.629. The monoisotopic (exact) mass is 308 g/mol. The highest BCUT2D eigenvalue weighted by molar-refractivity contribution is 7.12. The van der Waals surface area contributed by atoms with Gasteiger partial charge in [0.15, 0.2) is 5.69 Å². The van der Waals surface area contributed by atoms with Gasteiger partial charge in [-0.3, -0.25) is 14.3 Å². The average molecular weight is 308 g/mol. The van der Waals surface area contributed by atoms with E-state index in [0.717, 1.165) is 0 Å². The van der Waals surface area contributed by atoms with Crippen LogP contribution in [0.3, 0.4) is 0 Å². The van der Waals surface area contributed by atoms with Gasteiger partial charge in [-0.1, -0.05) is 6.07 Å². The van der Waals surface area contributed by atoms with Gasteiger partial charge in [0, 0.05) is 19.7 Å². The van der Waals surface area contributed by atoms with Gasteiger partial charge < -0.3 is 15.7 Å². The lowest BCUT2D eigenvalue weighted by atomic mass is 10.3. The predicted molar refractivity (Wildman–Crippen MR) is 79.5 cm³/mol. The maximum absolute atomic E-state index is 11.9. The second-order valence-electron chi connectivity index (χ2n) is 4.53. The van der Waals surface area contributed by atoms with Crippen molar-refractivity contribution in [1.82, 2.24) is 15.1 Å². The van der Waals surface area contributed by atoms with Gasteiger partial charge >= 0.3 is 0 Å². The molecule has 21 heavy (non-hydrogen) atoms. The molecule has 2 amide bonds. The molecule has 7 nitrogen and oxygen atoms in total. The van der Waals surface area contributed by atoms with E-state index in [1.54, 1.807) is 26.1 Å². The molecule has 0 saturated heterocycles. The molecule has 0 aliphatic heterocycles. The number of nitrogens with one attached hydrogen (secondary N) is 2. The molecule has 1 atom stereocenters. The lowest BCUT2D eigenvalue weighted by Crippen LogP contribution is -2.30. The van der Waals surface area contributed by atoms with Crippen molar-refractivity contribution in [2.24, 2.45) is 7.05 Å². The van der Waals surface area contributed by atoms with Crippen molar-refractivity contribution in [3.05, 3.63) is 34.2 Å². The maximum atomic E-state index is 11.9. The summed E-state index contributed by atoms with van der Waals surface area (Å²) in [7, 11) is 1.63. The number of anilines is 1. The van der Waals surface area contributed by atoms with E-state index >= 15 is 0 Å². The number of aromatic nitrogens is 2. The number of nitrogens with zero attached hydrogens (tertiary/aromatic N) is 2. The summed E-state index contributed by atoms with van der Waals surface area (Å²) >= 11 is 1.33. The minimum Gasteiger partial charge on any atom is -0.392 e. The topological polar surface area (TPSA) is 96.3 Å². The Hall–Kier alpha value is -2.19. The van der Waals surface area contributed by atoms with E-state index in [9.17, 15) is 9.59 Å². The van der Waals surface area contributed by atoms with E-state index in [1.165, 1.54) is 22.1 Å². The van der Waals surface area contributed by atoms with Crippen molar-refractivity contribution < 1.29 is 14.7 Å². The van der Waals surface area contributed by atoms with Gasteiger partial charge in [-0.05, 0) is 18.4 Å². The van der Waals surface area contributed by atoms with Gasteiger partial charge in [0.05, 0.1) is 11.0 Å². The highest BCUT2D eigenvalue weighted by atomic mass is 32.1. The fraction of sp³-hybridized carbons (Fsp3) is 0.308. The van der Waals surface area contributed by atoms with Crippen molar-refractivity contribution in [3.63, 3.8) is 0 Å². The summed E-state index contributed by atoms with van der Waals surface area (Å²) in [5, 5.41) is 20.2. The molecule has 0 aliphatic carbocycles. The molecule has 0 spiro atoms. The number of amides is 2. The van der Waals surface area contributed by atoms with Crippen LogP contribution in [0.1, 0.15) is 27.1 Å². The zero-order chi connectivity index (χ0) is 15.4. The molecule has 2 aromatic rings. The first-order chi connectivity index (χ1) is 9.97. The van der Waals surface area contributed by atoms with Crippen molar-refractivity contribution in [3.8, 4) is 0 Å². The smallest absolute Gasteiger partial charge is 0.271 e. The molecule has 0 fully saturated rings. The first kappa shape index (κ1) is 15.2. The van der Waals surface area contributed by atoms with Gasteiger partial charge in [0.1, 0.15) is 5.82 Å². The molecule has 0 aromatic carbocycles. The number of aryl methyl sites for hydroxylation is 1. The largest absolute Gasteiger partial charge is 0.392 e. The van der Waals surface area contributed by atoms with Crippen LogP contribution in [0, 0.1) is 0 Å². The van der Waals surface area contributed by atoms with Crippen LogP contribution in [0.15, 0.2) is 23.6 Å². The van der Waals surface area contributed by atoms with Gasteiger partial charge in [0.2, 0.25) is 0 Å². The average Bonchev–Trinajstić information content (AvgIpc) is 3.06. The lowest BCUT2D eigenvalue weighted by Gasteiger charge is -2.04. The highest BCUT2D eigenvalue weighted by Crippen LogP contribution is 2.14. The van der Waals surface area contributed by atoms with E-state index in [-0.39, 0.29) is 18.1 Å². The Labute approximate surface area is 125 Å². The second-order valence-corrected chi connectivity index (χ2v) is 5.48. The van der Waals surface area contributed by atoms with E-state index in [4.69, 9.17) is 5.11 Å². The second kappa shape index (κ2) is 6.51. The van der Waals surface area contributed by atoms with Crippen LogP contribution in [0.4, 0.5) is 5.82 Å². The van der Waals surface area contributed by atoms with Crippen molar-refractivity contribution in [2.45, 2.75) is 13.0 Å². The normalized spacial score (nSPS) is 12.0. The first-order valence-corrected chi connectivity index (χ1v) is 7.20. The number of rotatable bonds is 5. The van der Waals surface area contributed by atoms with Gasteiger partial charge in [-0.2, -0.15) is 5.10 Å². The van der Waals surface area contributed by atoms with Gasteiger partial charge in [-0.25, -0.2) is 0 Å². The summed E-state index contributed by atoms with van der Waals surface area (Å²) in [6, 6.07) is 4.99. The summed E-state index contributed by atoms with van der Waals surface area (Å²) in [5.74, 6) is -0.220. The van der Waals surface area contributed by atoms with E-state index in [2.05, 4.69) is 15.7 Å². The van der Waals surface area contributed by atoms with E-state index in [1.807, 2.05) is 5.38 Å². The standard InChI is InChI=1S/C13H16N4O3S/c1-8(18)7-14-12(19)9-6-11(17(2)16-9)15-13(20)10-4-3-5-21-10/h3-6,8,18H,7H2,1-2H3,(H,14,19)(H,15,20). The highest BCUT2D eigenvalue weighted by Gasteiger charge is 2.15. The number of carbonyl (C=O) groups is 2. The molecule has 0 aliphatic rings. The Morgan fingerprint density at radius 2 is 2.24 bits per heavy atom. The Morgan fingerprint density at radius 1 is 1.48 bits per heavy atom. The number of carbonyl (C=O) groups excluding carboxylic acids is 2. The first-order valence-electron chi connectivity index (χ1n) is 6.32. The molecular weight excluding hydrogens is 292 g/mol. The van der Waals surface area contributed by atoms with Crippen LogP contribution in [0.25, 0.3) is 0 Å². The molecule has 3 N–H and O–H groups in total. The molecular formula is C13H16N4O3S. The fourth-order valence-corrected chi connectivity index (χ4v) is 2.23. The van der Waals surface area contributed by atoms with E-state index in [0.29, 0.717) is 10.7 Å². The molecule has 8 heteroatoms. The summed E-state index contributed by atoms with van der Waals surface area (Å²) in [4.78, 5) is 24.3. The van der Waals surface area contributed by atoms with Crippen LogP contribution < -0.4 is 10.6 Å². The Kier molecular flexibility index (Phi) is 4.71. The molecule has 2 aromatic heterocycles. The van der Waals surface area contributed by atoms with Gasteiger partial charge in [-0.15, -0.1) is 11.3 Å². The number of aliphatic hydroxyl groups is 1. The minimum absolute atomic E-state index is 0.145. The third kappa shape index (κ3) is 3.89. The van der Waals surface area contributed by atoms with Crippen LogP contribution in [0.5, 0.6) is 0 Å². The Bertz CT molecular complexity index is 634. The number of hydrogen-bond acceptors (Lipinski definition) is 5. The molecule has 1 unspecified atom stereocenters. The van der Waals surface area contributed by atoms with Crippen LogP contribution in [0.2, 0.25) is 0 Å². The van der Waals surface area contributed by atoms with Crippen LogP contribution >= 0.6 is 11.3 Å². The quantitative estimate of drug-likeness (QED) is 0.763. The SMILES string of the molecule is CC(O)CNC(=O)c1cc(NC(=O)c2cccs2)n(C)n1. The van der Waals surface area contributed by atoms with Crippen molar-refractivity contribution >= 4 is 29.0 Å². The predicted octanol–water partition coefficient (Wildman–Crippen LogP) is 0.845. The van der Waals surface area contributed by atoms with Crippen molar-refractivity contribution in [2.75, 3.05) is 11.9 Å². The summed E-state index contributed by atoms with van der Waals surface area (Å²) in [5.41, 5.74) is 0.180. The third-order valence-corrected chi connectivity index (χ3v) is 3.53. The van der Waals surface area contributed by atoms with Crippen LogP contribution in [-0.2, 0) is 7.05 Å². The summed E-state index contributed by atoms with van der Waals surface area (Å²) < 4.78 is 1.42. The lowest BCUT2D eigenvalue weighted by molar-refractivity contribution is 0.0918. The zero-order valence-corrected chi connectivity index (χ0v) is 12.5. The molecule has 0 saturated carbocycles. The number of aliphatic hydroxyl groups excluding tert-OH is 1. The third-order valence-electron chi connectivity index (χ3n) is 2.66. The zero-order valence-electron chi connectivity index (χ0n) is 11.7. The Balaban J connectivity index is 2.05. The minimum atomic E-state index is -0.629. The molecule has 112 valence electrons. The van der Waals surface area contributed by atoms with Crippen molar-refractivity contribution in [1.29, 1.82) is 0 Å². The Morgan fingerprint density at radius 3 is 2.86 bits per heavy atom. The molecule has 0 bridgehead atoms. The maximum Gasteiger partial charge on any atom is 0.271 e. The molecule has 0 radical (unpaired) electrons. The van der Waals surface area contributed by atoms with Crippen LogP contribution in [-0.4, -0.2) is 39.4 Å². The molecule has 2 rings (SSSR count). The van der Waals surface area contributed by atoms with Gasteiger partial charge in [0.25, 0.3) is 11.8 Å². The van der Waals surface area contributed by atoms with E-state index < -0.39 is 12.0 Å². The summed E-state index contributed by atoms with van der Waals surface area (Å²) in [6.45, 7) is 1.72.